The van der Waals surface area contributed by atoms with E-state index in [0.29, 0.717) is 11.5 Å². The number of nitrogens with zero attached hydrogens (tertiary/aromatic N) is 4. The molecule has 2 aromatic carbocycles. The molecule has 0 saturated carbocycles. The van der Waals surface area contributed by atoms with Crippen LogP contribution in [0.25, 0.3) is 10.9 Å². The summed E-state index contributed by atoms with van der Waals surface area (Å²) in [7, 11) is 0. The normalized spacial score (nSPS) is 11.0. The third-order valence-electron chi connectivity index (χ3n) is 4.55. The van der Waals surface area contributed by atoms with Crippen molar-refractivity contribution in [2.45, 2.75) is 13.5 Å². The second-order valence-electron chi connectivity index (χ2n) is 6.83. The molecule has 0 unspecified atom stereocenters. The van der Waals surface area contributed by atoms with Crippen molar-refractivity contribution < 1.29 is 9.59 Å². The van der Waals surface area contributed by atoms with Crippen LogP contribution in [0.2, 0.25) is 0 Å². The van der Waals surface area contributed by atoms with Gasteiger partial charge in [-0.05, 0) is 25.1 Å². The number of amides is 3. The summed E-state index contributed by atoms with van der Waals surface area (Å²) in [5, 5.41) is 11.8. The van der Waals surface area contributed by atoms with Gasteiger partial charge in [-0.3, -0.25) is 10.2 Å². The van der Waals surface area contributed by atoms with E-state index in [-0.39, 0.29) is 6.54 Å². The van der Waals surface area contributed by atoms with Crippen molar-refractivity contribution in [1.82, 2.24) is 30.3 Å². The highest BCUT2D eigenvalue weighted by molar-refractivity contribution is 5.98. The largest absolute Gasteiger partial charge is 0.367 e. The average molecular weight is 432 g/mol. The lowest BCUT2D eigenvalue weighted by atomic mass is 10.2. The first-order valence-electron chi connectivity index (χ1n) is 9.69. The van der Waals surface area contributed by atoms with Gasteiger partial charge in [0.05, 0.1) is 6.21 Å². The standard InChI is InChI=1S/C21H20N8O3/c1-14-27-28(13-19(30)25-26-20(31)24-16-7-3-2-4-8-16)21(32)29(14)23-12-15-11-22-18-10-6-5-9-17(15)18/h2-12,22H,13H2,1H3,(H,25,30)(H2,24,26,31)/b23-12+. The summed E-state index contributed by atoms with van der Waals surface area (Å²) >= 11 is 0. The molecule has 2 heterocycles. The summed E-state index contributed by atoms with van der Waals surface area (Å²) in [6.07, 6.45) is 3.34. The molecule has 0 spiro atoms. The number of carbonyl (C=O) groups excluding carboxylic acids is 2. The Kier molecular flexibility index (Phi) is 5.79. The van der Waals surface area contributed by atoms with Crippen LogP contribution in [0.1, 0.15) is 11.4 Å². The summed E-state index contributed by atoms with van der Waals surface area (Å²) in [5.41, 5.74) is 6.20. The van der Waals surface area contributed by atoms with E-state index in [1.165, 1.54) is 0 Å². The first-order valence-corrected chi connectivity index (χ1v) is 9.69. The van der Waals surface area contributed by atoms with Crippen molar-refractivity contribution in [2.75, 3.05) is 5.32 Å². The molecule has 11 nitrogen and oxygen atoms in total. The Morgan fingerprint density at radius 3 is 2.66 bits per heavy atom. The van der Waals surface area contributed by atoms with Crippen molar-refractivity contribution in [3.05, 3.63) is 82.7 Å². The number of anilines is 1. The molecule has 0 radical (unpaired) electrons. The number of fused-ring (bicyclic) bond motifs is 1. The lowest BCUT2D eigenvalue weighted by molar-refractivity contribution is -0.122. The first-order chi connectivity index (χ1) is 15.5. The van der Waals surface area contributed by atoms with Gasteiger partial charge < -0.3 is 10.3 Å². The first kappa shape index (κ1) is 20.6. The molecule has 0 aliphatic carbocycles. The summed E-state index contributed by atoms with van der Waals surface area (Å²) in [4.78, 5) is 39.7. The predicted octanol–water partition coefficient (Wildman–Crippen LogP) is 1.57. The second kappa shape index (κ2) is 9.00. The topological polar surface area (TPSA) is 138 Å². The van der Waals surface area contributed by atoms with Crippen molar-refractivity contribution >= 4 is 34.7 Å². The van der Waals surface area contributed by atoms with Gasteiger partial charge in [0.15, 0.2) is 5.82 Å². The summed E-state index contributed by atoms with van der Waals surface area (Å²) < 4.78 is 2.07. The van der Waals surface area contributed by atoms with Crippen LogP contribution >= 0.6 is 0 Å². The van der Waals surface area contributed by atoms with Gasteiger partial charge in [0, 0.05) is 28.4 Å². The van der Waals surface area contributed by atoms with Crippen LogP contribution in [0.4, 0.5) is 10.5 Å². The number of para-hydroxylation sites is 2. The maximum Gasteiger partial charge on any atom is 0.367 e. The summed E-state index contributed by atoms with van der Waals surface area (Å²) in [6.45, 7) is 1.22. The second-order valence-corrected chi connectivity index (χ2v) is 6.83. The lowest BCUT2D eigenvalue weighted by Gasteiger charge is -2.08. The van der Waals surface area contributed by atoms with Gasteiger partial charge in [0.25, 0.3) is 5.91 Å². The number of H-pyrrole nitrogens is 1. The number of nitrogens with one attached hydrogen (secondary N) is 4. The van der Waals surface area contributed by atoms with Gasteiger partial charge in [0.2, 0.25) is 0 Å². The third kappa shape index (κ3) is 4.56. The zero-order chi connectivity index (χ0) is 22.5. The Bertz CT molecular complexity index is 1350. The monoisotopic (exact) mass is 432 g/mol. The van der Waals surface area contributed by atoms with Crippen LogP contribution in [-0.4, -0.2) is 37.6 Å². The number of benzene rings is 2. The number of aromatic amines is 1. The van der Waals surface area contributed by atoms with E-state index in [9.17, 15) is 14.4 Å². The Morgan fingerprint density at radius 1 is 1.09 bits per heavy atom. The van der Waals surface area contributed by atoms with Crippen LogP contribution in [0.15, 0.2) is 70.7 Å². The molecule has 0 aliphatic rings. The fraction of sp³-hybridized carbons (Fsp3) is 0.0952. The van der Waals surface area contributed by atoms with Gasteiger partial charge in [-0.2, -0.15) is 14.9 Å². The van der Waals surface area contributed by atoms with Crippen LogP contribution in [-0.2, 0) is 11.3 Å². The van der Waals surface area contributed by atoms with E-state index >= 15 is 0 Å². The van der Waals surface area contributed by atoms with Crippen LogP contribution in [0.5, 0.6) is 0 Å². The Morgan fingerprint density at radius 2 is 1.84 bits per heavy atom. The minimum Gasteiger partial charge on any atom is -0.361 e. The lowest BCUT2D eigenvalue weighted by Crippen LogP contribution is -2.46. The molecule has 3 amide bonds. The third-order valence-corrected chi connectivity index (χ3v) is 4.55. The van der Waals surface area contributed by atoms with E-state index < -0.39 is 17.6 Å². The number of hydrogen-bond donors (Lipinski definition) is 4. The van der Waals surface area contributed by atoms with Crippen molar-refractivity contribution in [1.29, 1.82) is 0 Å². The van der Waals surface area contributed by atoms with Crippen molar-refractivity contribution in [3.63, 3.8) is 0 Å². The van der Waals surface area contributed by atoms with E-state index in [4.69, 9.17) is 0 Å². The highest BCUT2D eigenvalue weighted by Crippen LogP contribution is 2.15. The predicted molar refractivity (Wildman–Crippen MR) is 119 cm³/mol. The smallest absolute Gasteiger partial charge is 0.361 e. The minimum atomic E-state index is -0.624. The Balaban J connectivity index is 1.38. The highest BCUT2D eigenvalue weighted by Gasteiger charge is 2.13. The molecule has 32 heavy (non-hydrogen) atoms. The summed E-state index contributed by atoms with van der Waals surface area (Å²) in [5.74, 6) is -0.311. The fourth-order valence-electron chi connectivity index (χ4n) is 3.05. The fourth-order valence-corrected chi connectivity index (χ4v) is 3.05. The molecule has 11 heteroatoms. The van der Waals surface area contributed by atoms with Crippen molar-refractivity contribution in [2.24, 2.45) is 5.10 Å². The number of urea groups is 1. The molecule has 4 N–H and O–H groups in total. The maximum absolute atomic E-state index is 12.6. The molecule has 0 saturated heterocycles. The Labute approximate surface area is 181 Å². The van der Waals surface area contributed by atoms with Gasteiger partial charge in [-0.1, -0.05) is 36.4 Å². The molecule has 4 aromatic rings. The van der Waals surface area contributed by atoms with Crippen LogP contribution in [0, 0.1) is 6.92 Å². The van der Waals surface area contributed by atoms with Gasteiger partial charge in [-0.25, -0.2) is 19.7 Å². The van der Waals surface area contributed by atoms with E-state index in [1.807, 2.05) is 30.3 Å². The molecule has 0 bridgehead atoms. The molecule has 0 aliphatic heterocycles. The number of rotatable bonds is 5. The van der Waals surface area contributed by atoms with Gasteiger partial charge in [0.1, 0.15) is 6.54 Å². The minimum absolute atomic E-state index is 0.314. The number of hydrazine groups is 1. The van der Waals surface area contributed by atoms with Crippen molar-refractivity contribution in [3.8, 4) is 0 Å². The quantitative estimate of drug-likeness (QED) is 0.281. The van der Waals surface area contributed by atoms with E-state index in [0.717, 1.165) is 25.8 Å². The molecule has 0 atom stereocenters. The number of aryl methyl sites for hydroxylation is 1. The molecule has 4 rings (SSSR count). The van der Waals surface area contributed by atoms with Crippen LogP contribution < -0.4 is 21.9 Å². The SMILES string of the molecule is Cc1nn(CC(=O)NNC(=O)Nc2ccccc2)c(=O)n1/N=C/c1c[nH]c2ccccc12. The van der Waals surface area contributed by atoms with Gasteiger partial charge >= 0.3 is 11.7 Å². The molecule has 0 fully saturated rings. The average Bonchev–Trinajstić information content (AvgIpc) is 3.32. The number of carbonyl (C=O) groups is 2. The van der Waals surface area contributed by atoms with E-state index in [1.54, 1.807) is 43.6 Å². The zero-order valence-electron chi connectivity index (χ0n) is 17.1. The number of hydrogen-bond acceptors (Lipinski definition) is 5. The zero-order valence-corrected chi connectivity index (χ0v) is 17.1. The summed E-state index contributed by atoms with van der Waals surface area (Å²) in [6, 6.07) is 15.8. The molecular formula is C21H20N8O3. The molecule has 162 valence electrons. The molecule has 2 aromatic heterocycles. The van der Waals surface area contributed by atoms with Gasteiger partial charge in [-0.15, -0.1) is 0 Å². The maximum atomic E-state index is 12.6. The molecular weight excluding hydrogens is 412 g/mol. The number of aromatic nitrogens is 4. The van der Waals surface area contributed by atoms with E-state index in [2.05, 4.69) is 31.4 Å². The Hall–Kier alpha value is -4.67. The van der Waals surface area contributed by atoms with Crippen LogP contribution in [0.3, 0.4) is 0 Å². The highest BCUT2D eigenvalue weighted by atomic mass is 16.2.